The summed E-state index contributed by atoms with van der Waals surface area (Å²) in [5.41, 5.74) is 3.22. The Hall–Kier alpha value is -3.00. The van der Waals surface area contributed by atoms with Gasteiger partial charge in [-0.05, 0) is 18.4 Å². The second-order valence-electron chi connectivity index (χ2n) is 7.08. The minimum atomic E-state index is -0.393. The van der Waals surface area contributed by atoms with Gasteiger partial charge in [0.15, 0.2) is 5.82 Å². The van der Waals surface area contributed by atoms with E-state index in [-0.39, 0.29) is 18.3 Å². The Labute approximate surface area is 162 Å². The number of nitrogens with zero attached hydrogens (tertiary/aromatic N) is 5. The van der Waals surface area contributed by atoms with Crippen LogP contribution in [0, 0.1) is 5.82 Å². The third kappa shape index (κ3) is 3.55. The Bertz CT molecular complexity index is 980. The fraction of sp³-hybridized carbons (Fsp3) is 0.350. The van der Waals surface area contributed by atoms with Gasteiger partial charge < -0.3 is 4.90 Å². The summed E-state index contributed by atoms with van der Waals surface area (Å²) in [5, 5.41) is 11.8. The van der Waals surface area contributed by atoms with E-state index in [1.54, 1.807) is 27.5 Å². The Balaban J connectivity index is 1.42. The highest BCUT2D eigenvalue weighted by Gasteiger charge is 2.30. The maximum atomic E-state index is 14.3. The first-order chi connectivity index (χ1) is 13.5. The van der Waals surface area contributed by atoms with Gasteiger partial charge in [0.05, 0.1) is 36.4 Å². The van der Waals surface area contributed by atoms with Crippen molar-refractivity contribution in [1.29, 1.82) is 0 Å². The van der Waals surface area contributed by atoms with Gasteiger partial charge in [0.2, 0.25) is 5.91 Å². The first kappa shape index (κ1) is 18.4. The van der Waals surface area contributed by atoms with Crippen LogP contribution in [0.15, 0.2) is 42.7 Å². The van der Waals surface area contributed by atoms with Crippen LogP contribution in [-0.4, -0.2) is 38.6 Å². The number of amides is 1. The van der Waals surface area contributed by atoms with Crippen molar-refractivity contribution in [3.05, 3.63) is 65.5 Å². The highest BCUT2D eigenvalue weighted by atomic mass is 19.1. The van der Waals surface area contributed by atoms with Crippen LogP contribution < -0.4 is 10.2 Å². The number of aryl methyl sites for hydroxylation is 1. The average Bonchev–Trinajstić information content (AvgIpc) is 3.20. The van der Waals surface area contributed by atoms with Gasteiger partial charge in [0, 0.05) is 20.6 Å². The molecule has 7 nitrogen and oxygen atoms in total. The van der Waals surface area contributed by atoms with E-state index < -0.39 is 6.04 Å². The van der Waals surface area contributed by atoms with Crippen molar-refractivity contribution in [1.82, 2.24) is 24.9 Å². The monoisotopic (exact) mass is 382 g/mol. The Morgan fingerprint density at radius 2 is 2.04 bits per heavy atom. The van der Waals surface area contributed by atoms with E-state index in [9.17, 15) is 9.18 Å². The van der Waals surface area contributed by atoms with Crippen molar-refractivity contribution in [2.45, 2.75) is 32.0 Å². The Morgan fingerprint density at radius 1 is 1.25 bits per heavy atom. The third-order valence-corrected chi connectivity index (χ3v) is 5.19. The molecule has 28 heavy (non-hydrogen) atoms. The molecule has 1 aromatic carbocycles. The smallest absolute Gasteiger partial charge is 0.243 e. The molecule has 8 heteroatoms. The van der Waals surface area contributed by atoms with Gasteiger partial charge in [-0.25, -0.2) is 4.39 Å². The predicted molar refractivity (Wildman–Crippen MR) is 103 cm³/mol. The van der Waals surface area contributed by atoms with Crippen molar-refractivity contribution in [2.75, 3.05) is 11.9 Å². The molecule has 1 aliphatic rings. The van der Waals surface area contributed by atoms with E-state index in [2.05, 4.69) is 15.5 Å². The van der Waals surface area contributed by atoms with Crippen molar-refractivity contribution in [2.24, 2.45) is 7.05 Å². The molecule has 0 aliphatic carbocycles. The summed E-state index contributed by atoms with van der Waals surface area (Å²) in [7, 11) is 3.62. The largest absolute Gasteiger partial charge is 0.311 e. The number of carbonyl (C=O) groups excluding carboxylic acids is 1. The molecule has 1 atom stereocenters. The zero-order chi connectivity index (χ0) is 19.7. The summed E-state index contributed by atoms with van der Waals surface area (Å²) in [6.07, 6.45) is 4.46. The van der Waals surface area contributed by atoms with E-state index in [4.69, 9.17) is 0 Å². The summed E-state index contributed by atoms with van der Waals surface area (Å²) in [6, 6.07) is 9.39. The standard InChI is InChI=1S/C20H23FN6O/c1-25-19-11-23-26(2)18(19)9-8-16(20(25)28)22-10-17-15(21)13-27(24-17)12-14-6-4-3-5-7-14/h3-7,11,13,16,22H,8-10,12H2,1-2H3/t16-/m0/s1. The third-order valence-electron chi connectivity index (χ3n) is 5.19. The summed E-state index contributed by atoms with van der Waals surface area (Å²) in [4.78, 5) is 14.4. The molecule has 146 valence electrons. The summed E-state index contributed by atoms with van der Waals surface area (Å²) < 4.78 is 17.7. The van der Waals surface area contributed by atoms with Crippen LogP contribution in [0.4, 0.5) is 10.1 Å². The van der Waals surface area contributed by atoms with Crippen LogP contribution in [0.2, 0.25) is 0 Å². The molecule has 1 amide bonds. The maximum absolute atomic E-state index is 14.3. The van der Waals surface area contributed by atoms with Crippen LogP contribution >= 0.6 is 0 Å². The molecular formula is C20H23FN6O. The number of hydrogen-bond acceptors (Lipinski definition) is 4. The minimum Gasteiger partial charge on any atom is -0.311 e. The van der Waals surface area contributed by atoms with Gasteiger partial charge in [-0.3, -0.25) is 19.5 Å². The molecule has 0 spiro atoms. The summed E-state index contributed by atoms with van der Waals surface area (Å²) >= 11 is 0. The van der Waals surface area contributed by atoms with Crippen molar-refractivity contribution >= 4 is 11.6 Å². The van der Waals surface area contributed by atoms with Crippen molar-refractivity contribution in [3.8, 4) is 0 Å². The van der Waals surface area contributed by atoms with Gasteiger partial charge in [-0.2, -0.15) is 10.2 Å². The van der Waals surface area contributed by atoms with Crippen molar-refractivity contribution in [3.63, 3.8) is 0 Å². The van der Waals surface area contributed by atoms with E-state index >= 15 is 0 Å². The Morgan fingerprint density at radius 3 is 2.82 bits per heavy atom. The number of aromatic nitrogens is 4. The molecule has 0 fully saturated rings. The van der Waals surface area contributed by atoms with Crippen LogP contribution in [0.25, 0.3) is 0 Å². The second kappa shape index (κ2) is 7.55. The molecule has 3 heterocycles. The Kier molecular flexibility index (Phi) is 4.95. The highest BCUT2D eigenvalue weighted by Crippen LogP contribution is 2.25. The molecule has 2 aromatic heterocycles. The molecule has 0 saturated heterocycles. The fourth-order valence-electron chi connectivity index (χ4n) is 3.60. The zero-order valence-electron chi connectivity index (χ0n) is 16.0. The lowest BCUT2D eigenvalue weighted by atomic mass is 10.1. The molecule has 0 saturated carbocycles. The van der Waals surface area contributed by atoms with E-state index in [0.717, 1.165) is 23.4 Å². The number of hydrogen-bond donors (Lipinski definition) is 1. The minimum absolute atomic E-state index is 0.0455. The number of fused-ring (bicyclic) bond motifs is 1. The fourth-order valence-corrected chi connectivity index (χ4v) is 3.60. The molecule has 0 radical (unpaired) electrons. The van der Waals surface area contributed by atoms with Crippen LogP contribution in [0.3, 0.4) is 0 Å². The number of likely N-dealkylation sites (N-methyl/N-ethyl adjacent to an activating group) is 1. The first-order valence-corrected chi connectivity index (χ1v) is 9.30. The number of halogens is 1. The average molecular weight is 382 g/mol. The van der Waals surface area contributed by atoms with E-state index in [0.29, 0.717) is 18.7 Å². The SMILES string of the molecule is CN1C(=O)[C@@H](NCc2nn(Cc3ccccc3)cc2F)CCc2c1cnn2C. The van der Waals surface area contributed by atoms with Crippen LogP contribution in [-0.2, 0) is 31.4 Å². The molecule has 1 N–H and O–H groups in total. The van der Waals surface area contributed by atoms with Gasteiger partial charge in [-0.15, -0.1) is 0 Å². The first-order valence-electron chi connectivity index (χ1n) is 9.30. The molecule has 1 aliphatic heterocycles. The molecule has 4 rings (SSSR count). The number of rotatable bonds is 5. The topological polar surface area (TPSA) is 68.0 Å². The number of anilines is 1. The van der Waals surface area contributed by atoms with Gasteiger partial charge in [-0.1, -0.05) is 30.3 Å². The second-order valence-corrected chi connectivity index (χ2v) is 7.08. The highest BCUT2D eigenvalue weighted by molar-refractivity contribution is 5.97. The zero-order valence-corrected chi connectivity index (χ0v) is 16.0. The van der Waals surface area contributed by atoms with Gasteiger partial charge >= 0.3 is 0 Å². The molecule has 3 aromatic rings. The lowest BCUT2D eigenvalue weighted by molar-refractivity contribution is -0.120. The summed E-state index contributed by atoms with van der Waals surface area (Å²) in [6.45, 7) is 0.706. The molecule has 0 bridgehead atoms. The van der Waals surface area contributed by atoms with Gasteiger partial charge in [0.1, 0.15) is 5.69 Å². The quantitative estimate of drug-likeness (QED) is 0.732. The number of carbonyl (C=O) groups is 1. The predicted octanol–water partition coefficient (Wildman–Crippen LogP) is 1.87. The van der Waals surface area contributed by atoms with Crippen LogP contribution in [0.5, 0.6) is 0 Å². The normalized spacial score (nSPS) is 16.9. The number of benzene rings is 1. The van der Waals surface area contributed by atoms with E-state index in [1.165, 1.54) is 6.20 Å². The number of nitrogens with one attached hydrogen (secondary N) is 1. The lowest BCUT2D eigenvalue weighted by Crippen LogP contribution is -2.44. The van der Waals surface area contributed by atoms with E-state index in [1.807, 2.05) is 37.4 Å². The molecular weight excluding hydrogens is 359 g/mol. The lowest BCUT2D eigenvalue weighted by Gasteiger charge is -2.20. The van der Waals surface area contributed by atoms with Gasteiger partial charge in [0.25, 0.3) is 0 Å². The van der Waals surface area contributed by atoms with Crippen molar-refractivity contribution < 1.29 is 9.18 Å². The van der Waals surface area contributed by atoms with Crippen LogP contribution in [0.1, 0.15) is 23.4 Å². The maximum Gasteiger partial charge on any atom is 0.243 e. The molecule has 0 unspecified atom stereocenters. The summed E-state index contributed by atoms with van der Waals surface area (Å²) in [5.74, 6) is -0.416.